The molecule has 2 rings (SSSR count). The monoisotopic (exact) mass is 441 g/mol. The summed E-state index contributed by atoms with van der Waals surface area (Å²) in [7, 11) is 1.16. The summed E-state index contributed by atoms with van der Waals surface area (Å²) in [5.74, 6) is -2.56. The van der Waals surface area contributed by atoms with Gasteiger partial charge in [-0.3, -0.25) is 4.79 Å². The summed E-state index contributed by atoms with van der Waals surface area (Å²) < 4.78 is 17.9. The summed E-state index contributed by atoms with van der Waals surface area (Å²) in [6.07, 6.45) is -3.93. The van der Waals surface area contributed by atoms with Gasteiger partial charge in [0.2, 0.25) is 0 Å². The minimum absolute atomic E-state index is 0.147. The van der Waals surface area contributed by atoms with E-state index < -0.39 is 66.5 Å². The number of ether oxygens (including phenoxy) is 1. The lowest BCUT2D eigenvalue weighted by atomic mass is 9.77. The molecule has 1 aromatic carbocycles. The van der Waals surface area contributed by atoms with Crippen LogP contribution in [0, 0.1) is 11.7 Å². The van der Waals surface area contributed by atoms with Gasteiger partial charge in [0, 0.05) is 18.5 Å². The van der Waals surface area contributed by atoms with Crippen LogP contribution in [0.5, 0.6) is 0 Å². The van der Waals surface area contributed by atoms with E-state index in [-0.39, 0.29) is 11.6 Å². The zero-order valence-corrected chi connectivity index (χ0v) is 17.5. The molecule has 0 saturated heterocycles. The molecule has 6 N–H and O–H groups in total. The number of hydrogen-bond donors (Lipinski definition) is 6. The van der Waals surface area contributed by atoms with Gasteiger partial charge in [0.05, 0.1) is 19.3 Å². The van der Waals surface area contributed by atoms with Crippen LogP contribution in [0.25, 0.3) is 0 Å². The van der Waals surface area contributed by atoms with Gasteiger partial charge in [0.1, 0.15) is 23.6 Å². The highest BCUT2D eigenvalue weighted by Crippen LogP contribution is 2.30. The van der Waals surface area contributed by atoms with Crippen LogP contribution in [-0.2, 0) is 14.3 Å². The summed E-state index contributed by atoms with van der Waals surface area (Å²) >= 11 is 0. The van der Waals surface area contributed by atoms with E-state index in [2.05, 4.69) is 20.7 Å². The Morgan fingerprint density at radius 1 is 1.23 bits per heavy atom. The van der Waals surface area contributed by atoms with Gasteiger partial charge in [-0.2, -0.15) is 0 Å². The first kappa shape index (κ1) is 24.5. The fourth-order valence-corrected chi connectivity index (χ4v) is 3.43. The molecule has 1 fully saturated rings. The van der Waals surface area contributed by atoms with Crippen molar-refractivity contribution in [1.29, 1.82) is 0 Å². The molecule has 1 aliphatic carbocycles. The fraction of sp³-hybridized carbons (Fsp3) is 0.550. The van der Waals surface area contributed by atoms with Gasteiger partial charge >= 0.3 is 12.0 Å². The van der Waals surface area contributed by atoms with Gasteiger partial charge in [-0.1, -0.05) is 19.9 Å². The standard InChI is InChI=1S/C20H28FN3O7/c1-10(2)15(17(27)31-3)24-18(28)20(30)8-13(16(26)14(25)9-20)23-19(29)22-12-6-4-5-11(21)7-12/h4-7,10,13-16,25-26,30H,8-9H2,1-3H3,(H,24,28)(H2,22,23,29)/t13-,14+,15+,16+,20-/m0/s1. The van der Waals surface area contributed by atoms with Crippen LogP contribution in [0.2, 0.25) is 0 Å². The molecule has 31 heavy (non-hydrogen) atoms. The second kappa shape index (κ2) is 10.0. The average Bonchev–Trinajstić information content (AvgIpc) is 2.68. The van der Waals surface area contributed by atoms with E-state index in [9.17, 15) is 34.1 Å². The van der Waals surface area contributed by atoms with Crippen molar-refractivity contribution in [3.8, 4) is 0 Å². The Morgan fingerprint density at radius 3 is 2.48 bits per heavy atom. The van der Waals surface area contributed by atoms with Crippen molar-refractivity contribution in [3.63, 3.8) is 0 Å². The number of urea groups is 1. The number of aliphatic hydroxyl groups is 3. The number of aliphatic hydroxyl groups excluding tert-OH is 2. The van der Waals surface area contributed by atoms with Crippen LogP contribution in [0.3, 0.4) is 0 Å². The number of methoxy groups -OCH3 is 1. The average molecular weight is 441 g/mol. The second-order valence-electron chi connectivity index (χ2n) is 7.93. The molecule has 10 nitrogen and oxygen atoms in total. The zero-order valence-electron chi connectivity index (χ0n) is 17.5. The molecule has 172 valence electrons. The molecule has 1 aliphatic rings. The Kier molecular flexibility index (Phi) is 7.93. The van der Waals surface area contributed by atoms with Crippen LogP contribution in [0.15, 0.2) is 24.3 Å². The number of carbonyl (C=O) groups is 3. The minimum Gasteiger partial charge on any atom is -0.467 e. The van der Waals surface area contributed by atoms with Crippen LogP contribution in [-0.4, -0.2) is 70.2 Å². The molecule has 0 aromatic heterocycles. The summed E-state index contributed by atoms with van der Waals surface area (Å²) in [5, 5.41) is 38.4. The van der Waals surface area contributed by atoms with E-state index in [1.165, 1.54) is 18.2 Å². The van der Waals surface area contributed by atoms with E-state index in [0.717, 1.165) is 13.2 Å². The third-order valence-electron chi connectivity index (χ3n) is 5.14. The first-order valence-corrected chi connectivity index (χ1v) is 9.77. The maximum absolute atomic E-state index is 13.3. The van der Waals surface area contributed by atoms with Gasteiger partial charge < -0.3 is 36.0 Å². The highest BCUT2D eigenvalue weighted by atomic mass is 19.1. The van der Waals surface area contributed by atoms with Crippen molar-refractivity contribution < 1.29 is 38.8 Å². The predicted molar refractivity (Wildman–Crippen MR) is 107 cm³/mol. The summed E-state index contributed by atoms with van der Waals surface area (Å²) in [6.45, 7) is 3.35. The number of esters is 1. The van der Waals surface area contributed by atoms with E-state index in [0.29, 0.717) is 0 Å². The van der Waals surface area contributed by atoms with Crippen LogP contribution < -0.4 is 16.0 Å². The highest BCUT2D eigenvalue weighted by Gasteiger charge is 2.50. The molecule has 0 heterocycles. The van der Waals surface area contributed by atoms with Crippen LogP contribution >= 0.6 is 0 Å². The lowest BCUT2D eigenvalue weighted by Gasteiger charge is -2.42. The fourth-order valence-electron chi connectivity index (χ4n) is 3.43. The number of carbonyl (C=O) groups excluding carboxylic acids is 3. The number of halogens is 1. The van der Waals surface area contributed by atoms with Gasteiger partial charge in [-0.05, 0) is 24.1 Å². The number of anilines is 1. The van der Waals surface area contributed by atoms with Gasteiger partial charge in [0.25, 0.3) is 5.91 Å². The third-order valence-corrected chi connectivity index (χ3v) is 5.14. The molecule has 3 amide bonds. The minimum atomic E-state index is -2.17. The van der Waals surface area contributed by atoms with E-state index >= 15 is 0 Å². The lowest BCUT2D eigenvalue weighted by Crippen LogP contribution is -2.64. The first-order chi connectivity index (χ1) is 14.5. The molecule has 0 aliphatic heterocycles. The summed E-state index contributed by atoms with van der Waals surface area (Å²) in [5.41, 5.74) is -2.02. The van der Waals surface area contributed by atoms with E-state index in [1.807, 2.05) is 0 Å². The number of benzene rings is 1. The smallest absolute Gasteiger partial charge is 0.328 e. The van der Waals surface area contributed by atoms with Crippen molar-refractivity contribution in [2.24, 2.45) is 5.92 Å². The topological polar surface area (TPSA) is 157 Å². The largest absolute Gasteiger partial charge is 0.467 e. The molecule has 11 heteroatoms. The van der Waals surface area contributed by atoms with Gasteiger partial charge in [-0.25, -0.2) is 14.0 Å². The van der Waals surface area contributed by atoms with E-state index in [4.69, 9.17) is 0 Å². The van der Waals surface area contributed by atoms with Crippen LogP contribution in [0.4, 0.5) is 14.9 Å². The van der Waals surface area contributed by atoms with Crippen molar-refractivity contribution in [2.75, 3.05) is 12.4 Å². The van der Waals surface area contributed by atoms with E-state index in [1.54, 1.807) is 13.8 Å². The quantitative estimate of drug-likeness (QED) is 0.336. The van der Waals surface area contributed by atoms with Gasteiger partial charge in [0.15, 0.2) is 0 Å². The molecule has 0 radical (unpaired) electrons. The maximum atomic E-state index is 13.3. The lowest BCUT2D eigenvalue weighted by molar-refractivity contribution is -0.161. The van der Waals surface area contributed by atoms with Crippen molar-refractivity contribution in [2.45, 2.75) is 56.6 Å². The molecule has 0 bridgehead atoms. The molecule has 1 aromatic rings. The van der Waals surface area contributed by atoms with Crippen molar-refractivity contribution in [3.05, 3.63) is 30.1 Å². The van der Waals surface area contributed by atoms with Crippen molar-refractivity contribution >= 4 is 23.6 Å². The highest BCUT2D eigenvalue weighted by molar-refractivity contribution is 5.91. The molecule has 1 saturated carbocycles. The molecule has 5 atom stereocenters. The number of amides is 3. The third kappa shape index (κ3) is 6.12. The Bertz CT molecular complexity index is 822. The number of rotatable bonds is 6. The molecule has 0 spiro atoms. The Hall–Kier alpha value is -2.76. The number of nitrogens with one attached hydrogen (secondary N) is 3. The SMILES string of the molecule is COC(=O)[C@H](NC(=O)[C@@]1(O)C[C@@H](O)[C@H](O)[C@@H](NC(=O)Nc2cccc(F)c2)C1)C(C)C. The molecular formula is C20H28FN3O7. The first-order valence-electron chi connectivity index (χ1n) is 9.77. The van der Waals surface area contributed by atoms with Gasteiger partial charge in [-0.15, -0.1) is 0 Å². The number of hydrogen-bond acceptors (Lipinski definition) is 7. The summed E-state index contributed by atoms with van der Waals surface area (Å²) in [4.78, 5) is 36.9. The second-order valence-corrected chi connectivity index (χ2v) is 7.93. The Labute approximate surface area is 178 Å². The molecule has 0 unspecified atom stereocenters. The predicted octanol–water partition coefficient (Wildman–Crippen LogP) is -0.124. The Balaban J connectivity index is 2.11. The molecular weight excluding hydrogens is 413 g/mol. The summed E-state index contributed by atoms with van der Waals surface area (Å²) in [6, 6.07) is 2.03. The normalized spacial score (nSPS) is 26.6. The zero-order chi connectivity index (χ0) is 23.3. The Morgan fingerprint density at radius 2 is 1.90 bits per heavy atom. The van der Waals surface area contributed by atoms with Crippen molar-refractivity contribution in [1.82, 2.24) is 10.6 Å². The maximum Gasteiger partial charge on any atom is 0.328 e. The van der Waals surface area contributed by atoms with Crippen LogP contribution in [0.1, 0.15) is 26.7 Å².